The van der Waals surface area contributed by atoms with E-state index in [1.807, 2.05) is 37.3 Å². The van der Waals surface area contributed by atoms with Crippen LogP contribution in [0.2, 0.25) is 5.15 Å². The van der Waals surface area contributed by atoms with Crippen molar-refractivity contribution in [2.24, 2.45) is 0 Å². The molecule has 1 aromatic carbocycles. The van der Waals surface area contributed by atoms with Gasteiger partial charge in [0.2, 0.25) is 5.88 Å². The molecule has 0 aliphatic rings. The number of nitrogens with zero attached hydrogens (tertiary/aromatic N) is 3. The fraction of sp³-hybridized carbons (Fsp3) is 0.133. The van der Waals surface area contributed by atoms with Gasteiger partial charge in [0.1, 0.15) is 16.5 Å². The number of hydrogen-bond acceptors (Lipinski definition) is 4. The molecule has 2 heterocycles. The van der Waals surface area contributed by atoms with Gasteiger partial charge in [-0.25, -0.2) is 4.98 Å². The highest BCUT2D eigenvalue weighted by Gasteiger charge is 2.07. The van der Waals surface area contributed by atoms with Crippen LogP contribution < -0.4 is 4.74 Å². The summed E-state index contributed by atoms with van der Waals surface area (Å²) in [5.74, 6) is 1.74. The third-order valence-corrected chi connectivity index (χ3v) is 3.04. The number of fused-ring (bicyclic) bond motifs is 1. The summed E-state index contributed by atoms with van der Waals surface area (Å²) in [6, 6.07) is 11.2. The van der Waals surface area contributed by atoms with Gasteiger partial charge in [0.05, 0.1) is 0 Å². The van der Waals surface area contributed by atoms with Crippen molar-refractivity contribution in [2.75, 3.05) is 0 Å². The Bertz CT molecular complexity index is 756. The molecule has 100 valence electrons. The van der Waals surface area contributed by atoms with Crippen LogP contribution in [0.1, 0.15) is 12.7 Å². The molecule has 0 atom stereocenters. The smallest absolute Gasteiger partial charge is 0.224 e. The van der Waals surface area contributed by atoms with Gasteiger partial charge in [-0.05, 0) is 12.1 Å². The second kappa shape index (κ2) is 5.43. The lowest BCUT2D eigenvalue weighted by molar-refractivity contribution is 0.463. The fourth-order valence-electron chi connectivity index (χ4n) is 1.92. The molecule has 0 unspecified atom stereocenters. The Morgan fingerprint density at radius 2 is 2.00 bits per heavy atom. The van der Waals surface area contributed by atoms with Crippen molar-refractivity contribution < 1.29 is 4.74 Å². The van der Waals surface area contributed by atoms with Gasteiger partial charge < -0.3 is 4.74 Å². The Balaban J connectivity index is 2.03. The van der Waals surface area contributed by atoms with E-state index in [4.69, 9.17) is 16.3 Å². The van der Waals surface area contributed by atoms with Gasteiger partial charge in [0, 0.05) is 24.1 Å². The minimum absolute atomic E-state index is 0.375. The normalized spacial score (nSPS) is 10.7. The second-order valence-electron chi connectivity index (χ2n) is 4.23. The van der Waals surface area contributed by atoms with Crippen molar-refractivity contribution in [3.05, 3.63) is 53.6 Å². The highest BCUT2D eigenvalue weighted by molar-refractivity contribution is 6.29. The van der Waals surface area contributed by atoms with Crippen molar-refractivity contribution in [1.82, 2.24) is 15.0 Å². The Morgan fingerprint density at radius 3 is 2.85 bits per heavy atom. The Kier molecular flexibility index (Phi) is 3.48. The highest BCUT2D eigenvalue weighted by atomic mass is 35.5. The number of pyridine rings is 1. The van der Waals surface area contributed by atoms with Gasteiger partial charge in [-0.2, -0.15) is 4.98 Å². The van der Waals surface area contributed by atoms with Gasteiger partial charge in [-0.1, -0.05) is 36.7 Å². The first-order valence-corrected chi connectivity index (χ1v) is 6.69. The Morgan fingerprint density at radius 1 is 1.15 bits per heavy atom. The van der Waals surface area contributed by atoms with E-state index in [-0.39, 0.29) is 0 Å². The molecule has 4 nitrogen and oxygen atoms in total. The lowest BCUT2D eigenvalue weighted by Gasteiger charge is -2.08. The van der Waals surface area contributed by atoms with Crippen molar-refractivity contribution in [3.8, 4) is 11.6 Å². The molecule has 0 aliphatic heterocycles. The largest absolute Gasteiger partial charge is 0.437 e. The van der Waals surface area contributed by atoms with Crippen LogP contribution in [0.5, 0.6) is 11.6 Å². The van der Waals surface area contributed by atoms with Gasteiger partial charge in [-0.3, -0.25) is 4.98 Å². The quantitative estimate of drug-likeness (QED) is 0.682. The minimum Gasteiger partial charge on any atom is -0.437 e. The Hall–Kier alpha value is -2.20. The topological polar surface area (TPSA) is 47.9 Å². The maximum Gasteiger partial charge on any atom is 0.224 e. The van der Waals surface area contributed by atoms with Crippen LogP contribution >= 0.6 is 11.6 Å². The van der Waals surface area contributed by atoms with Crippen LogP contribution in [0, 0.1) is 0 Å². The maximum absolute atomic E-state index is 5.97. The van der Waals surface area contributed by atoms with E-state index in [1.165, 1.54) is 0 Å². The standard InChI is InChI=1S/C15H12ClN3O/c1-2-13-18-12(16)9-14(19-13)20-11-7-3-5-10-6-4-8-17-15(10)11/h3-9H,2H2,1H3. The van der Waals surface area contributed by atoms with Crippen LogP contribution in [0.3, 0.4) is 0 Å². The predicted octanol–water partition coefficient (Wildman–Crippen LogP) is 4.03. The molecule has 0 aliphatic carbocycles. The summed E-state index contributed by atoms with van der Waals surface area (Å²) in [5.41, 5.74) is 0.794. The van der Waals surface area contributed by atoms with E-state index in [0.29, 0.717) is 29.0 Å². The van der Waals surface area contributed by atoms with Crippen LogP contribution in [0.4, 0.5) is 0 Å². The van der Waals surface area contributed by atoms with Gasteiger partial charge >= 0.3 is 0 Å². The van der Waals surface area contributed by atoms with Crippen molar-refractivity contribution in [3.63, 3.8) is 0 Å². The summed E-state index contributed by atoms with van der Waals surface area (Å²) in [6.07, 6.45) is 2.43. The van der Waals surface area contributed by atoms with E-state index >= 15 is 0 Å². The fourth-order valence-corrected chi connectivity index (χ4v) is 2.11. The summed E-state index contributed by atoms with van der Waals surface area (Å²) in [5, 5.41) is 1.39. The lowest BCUT2D eigenvalue weighted by Crippen LogP contribution is -1.97. The molecule has 3 aromatic rings. The summed E-state index contributed by atoms with van der Waals surface area (Å²) in [7, 11) is 0. The van der Waals surface area contributed by atoms with Crippen LogP contribution in [0.15, 0.2) is 42.6 Å². The number of aromatic nitrogens is 3. The number of aryl methyl sites for hydroxylation is 1. The third kappa shape index (κ3) is 2.56. The highest BCUT2D eigenvalue weighted by Crippen LogP contribution is 2.28. The van der Waals surface area contributed by atoms with Crippen LogP contribution in [0.25, 0.3) is 10.9 Å². The van der Waals surface area contributed by atoms with E-state index in [1.54, 1.807) is 12.3 Å². The minimum atomic E-state index is 0.375. The lowest BCUT2D eigenvalue weighted by atomic mass is 10.2. The summed E-state index contributed by atoms with van der Waals surface area (Å²) in [6.45, 7) is 1.97. The zero-order valence-corrected chi connectivity index (χ0v) is 11.6. The van der Waals surface area contributed by atoms with E-state index in [0.717, 1.165) is 10.9 Å². The number of hydrogen-bond donors (Lipinski definition) is 0. The Labute approximate surface area is 121 Å². The van der Waals surface area contributed by atoms with E-state index in [9.17, 15) is 0 Å². The van der Waals surface area contributed by atoms with Gasteiger partial charge in [-0.15, -0.1) is 0 Å². The van der Waals surface area contributed by atoms with E-state index < -0.39 is 0 Å². The summed E-state index contributed by atoms with van der Waals surface area (Å²) in [4.78, 5) is 12.8. The third-order valence-electron chi connectivity index (χ3n) is 2.84. The molecule has 0 N–H and O–H groups in total. The van der Waals surface area contributed by atoms with Crippen LogP contribution in [-0.4, -0.2) is 15.0 Å². The molecule has 0 spiro atoms. The molecule has 0 amide bonds. The number of benzene rings is 1. The predicted molar refractivity (Wildman–Crippen MR) is 78.2 cm³/mol. The molecular weight excluding hydrogens is 274 g/mol. The van der Waals surface area contributed by atoms with E-state index in [2.05, 4.69) is 15.0 Å². The first-order valence-electron chi connectivity index (χ1n) is 6.31. The molecule has 5 heteroatoms. The summed E-state index contributed by atoms with van der Waals surface area (Å²) >= 11 is 5.97. The van der Waals surface area contributed by atoms with Crippen molar-refractivity contribution in [2.45, 2.75) is 13.3 Å². The maximum atomic E-state index is 5.97. The SMILES string of the molecule is CCc1nc(Cl)cc(Oc2cccc3cccnc23)n1. The molecule has 0 saturated carbocycles. The van der Waals surface area contributed by atoms with Gasteiger partial charge in [0.25, 0.3) is 0 Å². The van der Waals surface area contributed by atoms with Crippen molar-refractivity contribution >= 4 is 22.5 Å². The molecule has 3 rings (SSSR count). The van der Waals surface area contributed by atoms with Gasteiger partial charge in [0.15, 0.2) is 5.75 Å². The monoisotopic (exact) mass is 285 g/mol. The average molecular weight is 286 g/mol. The second-order valence-corrected chi connectivity index (χ2v) is 4.62. The molecule has 0 saturated heterocycles. The molecule has 0 bridgehead atoms. The molecule has 2 aromatic heterocycles. The van der Waals surface area contributed by atoms with Crippen LogP contribution in [-0.2, 0) is 6.42 Å². The number of para-hydroxylation sites is 1. The van der Waals surface area contributed by atoms with Crippen molar-refractivity contribution in [1.29, 1.82) is 0 Å². The molecule has 0 fully saturated rings. The molecule has 20 heavy (non-hydrogen) atoms. The molecular formula is C15H12ClN3O. The summed E-state index contributed by atoms with van der Waals surface area (Å²) < 4.78 is 5.82. The zero-order valence-electron chi connectivity index (χ0n) is 10.9. The number of rotatable bonds is 3. The average Bonchev–Trinajstić information content (AvgIpc) is 2.47. The first kappa shape index (κ1) is 12.8. The number of ether oxygens (including phenoxy) is 1. The number of halogens is 1. The zero-order chi connectivity index (χ0) is 13.9. The first-order chi connectivity index (χ1) is 9.76. The molecule has 0 radical (unpaired) electrons.